The lowest BCUT2D eigenvalue weighted by Crippen LogP contribution is -2.29. The topological polar surface area (TPSA) is 68.8 Å². The lowest BCUT2D eigenvalue weighted by molar-refractivity contribution is 0.0782. The lowest BCUT2D eigenvalue weighted by atomic mass is 10.2. The summed E-state index contributed by atoms with van der Waals surface area (Å²) < 4.78 is 3.71. The molecule has 4 rings (SSSR count). The molecule has 112 valence electrons. The minimum atomic E-state index is -0.0555. The number of aryl methyl sites for hydroxylation is 1. The number of aromatic nitrogens is 5. The van der Waals surface area contributed by atoms with E-state index in [0.717, 1.165) is 24.0 Å². The molecule has 0 spiro atoms. The summed E-state index contributed by atoms with van der Waals surface area (Å²) in [6.45, 7) is 1.41. The van der Waals surface area contributed by atoms with E-state index in [1.165, 1.54) is 0 Å². The van der Waals surface area contributed by atoms with Crippen molar-refractivity contribution in [3.05, 3.63) is 42.5 Å². The molecule has 1 saturated heterocycles. The van der Waals surface area contributed by atoms with E-state index < -0.39 is 0 Å². The van der Waals surface area contributed by atoms with Crippen LogP contribution < -0.4 is 0 Å². The Labute approximate surface area is 127 Å². The van der Waals surface area contributed by atoms with Gasteiger partial charge < -0.3 is 9.47 Å². The Morgan fingerprint density at radius 3 is 3.00 bits per heavy atom. The average molecular weight is 296 g/mol. The normalized spacial score (nSPS) is 18.2. The van der Waals surface area contributed by atoms with Gasteiger partial charge in [-0.05, 0) is 18.6 Å². The number of carbonyl (C=O) groups excluding carboxylic acids is 1. The molecule has 0 aliphatic carbocycles. The van der Waals surface area contributed by atoms with Crippen molar-refractivity contribution in [2.75, 3.05) is 13.1 Å². The second-order valence-electron chi connectivity index (χ2n) is 5.61. The first-order chi connectivity index (χ1) is 10.7. The first-order valence-electron chi connectivity index (χ1n) is 7.29. The number of hydrogen-bond donors (Lipinski definition) is 0. The highest BCUT2D eigenvalue weighted by Crippen LogP contribution is 2.26. The summed E-state index contributed by atoms with van der Waals surface area (Å²) in [6.07, 6.45) is 4.44. The quantitative estimate of drug-likeness (QED) is 0.714. The molecule has 7 nitrogen and oxygen atoms in total. The van der Waals surface area contributed by atoms with Crippen LogP contribution in [0.15, 0.2) is 36.8 Å². The summed E-state index contributed by atoms with van der Waals surface area (Å²) in [5.41, 5.74) is 2.50. The maximum atomic E-state index is 12.4. The Kier molecular flexibility index (Phi) is 2.92. The minimum absolute atomic E-state index is 0.0555. The molecule has 1 amide bonds. The summed E-state index contributed by atoms with van der Waals surface area (Å²) in [4.78, 5) is 18.7. The number of carbonyl (C=O) groups is 1. The molecule has 7 heteroatoms. The van der Waals surface area contributed by atoms with E-state index in [-0.39, 0.29) is 11.9 Å². The molecule has 2 aromatic heterocycles. The molecule has 22 heavy (non-hydrogen) atoms. The van der Waals surface area contributed by atoms with Crippen LogP contribution in [0.4, 0.5) is 0 Å². The summed E-state index contributed by atoms with van der Waals surface area (Å²) >= 11 is 0. The maximum absolute atomic E-state index is 12.4. The van der Waals surface area contributed by atoms with E-state index in [2.05, 4.69) is 25.9 Å². The van der Waals surface area contributed by atoms with Crippen molar-refractivity contribution in [3.8, 4) is 0 Å². The zero-order chi connectivity index (χ0) is 15.1. The molecule has 1 aliphatic heterocycles. The number of amides is 1. The first-order valence-corrected chi connectivity index (χ1v) is 7.29. The van der Waals surface area contributed by atoms with Gasteiger partial charge >= 0.3 is 0 Å². The zero-order valence-corrected chi connectivity index (χ0v) is 12.3. The van der Waals surface area contributed by atoms with Gasteiger partial charge in [-0.25, -0.2) is 4.98 Å². The van der Waals surface area contributed by atoms with Gasteiger partial charge in [-0.1, -0.05) is 17.3 Å². The smallest absolute Gasteiger partial charge is 0.276 e. The first kappa shape index (κ1) is 13.0. The SMILES string of the molecule is Cn1cc(C(=O)N2CC[C@H](n3cnc4ccccc43)C2)nn1. The molecule has 0 saturated carbocycles. The van der Waals surface area contributed by atoms with Crippen molar-refractivity contribution in [2.24, 2.45) is 7.05 Å². The molecular weight excluding hydrogens is 280 g/mol. The number of imidazole rings is 1. The summed E-state index contributed by atoms with van der Waals surface area (Å²) in [5, 5.41) is 7.72. The van der Waals surface area contributed by atoms with Gasteiger partial charge in [0, 0.05) is 20.1 Å². The van der Waals surface area contributed by atoms with Crippen molar-refractivity contribution in [3.63, 3.8) is 0 Å². The van der Waals surface area contributed by atoms with Crippen LogP contribution in [0.2, 0.25) is 0 Å². The zero-order valence-electron chi connectivity index (χ0n) is 12.3. The molecule has 3 aromatic rings. The Morgan fingerprint density at radius 1 is 1.32 bits per heavy atom. The Hall–Kier alpha value is -2.70. The average Bonchev–Trinajstić information content (AvgIpc) is 3.24. The molecule has 0 bridgehead atoms. The number of rotatable bonds is 2. The predicted octanol–water partition coefficient (Wildman–Crippen LogP) is 1.25. The van der Waals surface area contributed by atoms with Crippen LogP contribution >= 0.6 is 0 Å². The molecular formula is C15H16N6O. The second kappa shape index (κ2) is 4.94. The van der Waals surface area contributed by atoms with Gasteiger partial charge in [0.2, 0.25) is 0 Å². The maximum Gasteiger partial charge on any atom is 0.276 e. The van der Waals surface area contributed by atoms with Crippen LogP contribution in [0.1, 0.15) is 23.0 Å². The monoisotopic (exact) mass is 296 g/mol. The third-order valence-electron chi connectivity index (χ3n) is 4.15. The highest BCUT2D eigenvalue weighted by Gasteiger charge is 2.29. The summed E-state index contributed by atoms with van der Waals surface area (Å²) in [7, 11) is 1.76. The van der Waals surface area contributed by atoms with Crippen LogP contribution in [0, 0.1) is 0 Å². The van der Waals surface area contributed by atoms with Crippen molar-refractivity contribution in [1.29, 1.82) is 0 Å². The molecule has 0 unspecified atom stereocenters. The van der Waals surface area contributed by atoms with Gasteiger partial charge in [0.25, 0.3) is 5.91 Å². The number of nitrogens with zero attached hydrogens (tertiary/aromatic N) is 6. The van der Waals surface area contributed by atoms with Gasteiger partial charge in [-0.2, -0.15) is 0 Å². The molecule has 1 aliphatic rings. The lowest BCUT2D eigenvalue weighted by Gasteiger charge is -2.16. The second-order valence-corrected chi connectivity index (χ2v) is 5.61. The number of hydrogen-bond acceptors (Lipinski definition) is 4. The number of para-hydroxylation sites is 2. The van der Waals surface area contributed by atoms with E-state index in [4.69, 9.17) is 0 Å². The fraction of sp³-hybridized carbons (Fsp3) is 0.333. The van der Waals surface area contributed by atoms with Crippen molar-refractivity contribution in [1.82, 2.24) is 29.4 Å². The third kappa shape index (κ3) is 2.05. The van der Waals surface area contributed by atoms with Crippen LogP contribution in [-0.2, 0) is 7.05 Å². The fourth-order valence-corrected chi connectivity index (χ4v) is 3.03. The van der Waals surface area contributed by atoms with Crippen LogP contribution in [0.25, 0.3) is 11.0 Å². The number of likely N-dealkylation sites (tertiary alicyclic amines) is 1. The summed E-state index contributed by atoms with van der Waals surface area (Å²) in [6, 6.07) is 8.32. The molecule has 1 aromatic carbocycles. The van der Waals surface area contributed by atoms with Gasteiger partial charge in [0.1, 0.15) is 0 Å². The molecule has 0 N–H and O–H groups in total. The highest BCUT2D eigenvalue weighted by molar-refractivity contribution is 5.92. The van der Waals surface area contributed by atoms with E-state index in [0.29, 0.717) is 12.2 Å². The number of benzene rings is 1. The fourth-order valence-electron chi connectivity index (χ4n) is 3.03. The standard InChI is InChI=1S/C15H16N6O/c1-19-9-13(17-18-19)15(22)20-7-6-11(8-20)21-10-16-12-4-2-3-5-14(12)21/h2-5,9-11H,6-8H2,1H3/t11-/m0/s1. The Morgan fingerprint density at radius 2 is 2.18 bits per heavy atom. The van der Waals surface area contributed by atoms with Crippen molar-refractivity contribution in [2.45, 2.75) is 12.5 Å². The van der Waals surface area contributed by atoms with Crippen molar-refractivity contribution < 1.29 is 4.79 Å². The minimum Gasteiger partial charge on any atom is -0.335 e. The van der Waals surface area contributed by atoms with Gasteiger partial charge in [-0.15, -0.1) is 5.10 Å². The largest absolute Gasteiger partial charge is 0.335 e. The van der Waals surface area contributed by atoms with E-state index >= 15 is 0 Å². The van der Waals surface area contributed by atoms with E-state index in [1.807, 2.05) is 29.4 Å². The molecule has 1 fully saturated rings. The molecule has 3 heterocycles. The van der Waals surface area contributed by atoms with Gasteiger partial charge in [0.15, 0.2) is 5.69 Å². The van der Waals surface area contributed by atoms with Crippen LogP contribution in [-0.4, -0.2) is 48.4 Å². The molecule has 1 atom stereocenters. The summed E-state index contributed by atoms with van der Waals surface area (Å²) in [5.74, 6) is -0.0555. The Balaban J connectivity index is 1.56. The Bertz CT molecular complexity index is 835. The highest BCUT2D eigenvalue weighted by atomic mass is 16.2. The van der Waals surface area contributed by atoms with Crippen LogP contribution in [0.3, 0.4) is 0 Å². The van der Waals surface area contributed by atoms with Crippen LogP contribution in [0.5, 0.6) is 0 Å². The van der Waals surface area contributed by atoms with Crippen molar-refractivity contribution >= 4 is 16.9 Å². The van der Waals surface area contributed by atoms with Gasteiger partial charge in [0.05, 0.1) is 29.6 Å². The molecule has 0 radical (unpaired) electrons. The van der Waals surface area contributed by atoms with Gasteiger partial charge in [-0.3, -0.25) is 9.48 Å². The third-order valence-corrected chi connectivity index (χ3v) is 4.15. The van der Waals surface area contributed by atoms with E-state index in [9.17, 15) is 4.79 Å². The predicted molar refractivity (Wildman–Crippen MR) is 80.3 cm³/mol. The number of fused-ring (bicyclic) bond motifs is 1. The van der Waals surface area contributed by atoms with E-state index in [1.54, 1.807) is 17.9 Å².